The van der Waals surface area contributed by atoms with E-state index in [9.17, 15) is 9.65 Å². The van der Waals surface area contributed by atoms with Crippen LogP contribution >= 0.6 is 0 Å². The van der Waals surface area contributed by atoms with E-state index in [0.29, 0.717) is 34.0 Å². The molecule has 10 nitrogen and oxygen atoms in total. The third-order valence-electron chi connectivity index (χ3n) is 5.29. The molecule has 2 atom stereocenters. The van der Waals surface area contributed by atoms with Gasteiger partial charge in [0, 0.05) is 24.9 Å². The monoisotopic (exact) mass is 431 g/mol. The van der Waals surface area contributed by atoms with Crippen LogP contribution in [0.1, 0.15) is 24.3 Å². The number of hydrazone groups is 1. The van der Waals surface area contributed by atoms with Gasteiger partial charge < -0.3 is 15.8 Å². The second-order valence-corrected chi connectivity index (χ2v) is 7.33. The second kappa shape index (κ2) is 7.35. The third kappa shape index (κ3) is 3.09. The van der Waals surface area contributed by atoms with E-state index in [1.165, 1.54) is 16.8 Å². The summed E-state index contributed by atoms with van der Waals surface area (Å²) in [6.45, 7) is 1.78. The maximum absolute atomic E-state index is 14.2. The van der Waals surface area contributed by atoms with Gasteiger partial charge in [0.15, 0.2) is 17.4 Å². The van der Waals surface area contributed by atoms with Crippen LogP contribution in [-0.2, 0) is 7.05 Å². The molecule has 4 heterocycles. The Kier molecular flexibility index (Phi) is 4.48. The average molecular weight is 431 g/mol. The van der Waals surface area contributed by atoms with E-state index in [2.05, 4.69) is 31.8 Å². The predicted molar refractivity (Wildman–Crippen MR) is 116 cm³/mol. The maximum Gasteiger partial charge on any atom is 0.188 e. The van der Waals surface area contributed by atoms with Crippen molar-refractivity contribution < 1.29 is 9.13 Å². The van der Waals surface area contributed by atoms with Gasteiger partial charge in [0.2, 0.25) is 0 Å². The SMILES string of the molecule is C[C@H]1Oc2cc(nnc2N)-c2c(nn(C)c2C#N)NC2C=CC=NN2c2ccc(F)cc21. The molecule has 1 unspecified atom stereocenters. The van der Waals surface area contributed by atoms with Gasteiger partial charge in [-0.25, -0.2) is 9.40 Å². The van der Waals surface area contributed by atoms with Gasteiger partial charge in [-0.05, 0) is 37.3 Å². The number of nitrogens with two attached hydrogens (primary N) is 1. The highest BCUT2D eigenvalue weighted by molar-refractivity contribution is 5.81. The summed E-state index contributed by atoms with van der Waals surface area (Å²) in [5, 5.41) is 31.9. The minimum absolute atomic E-state index is 0.0734. The Morgan fingerprint density at radius 2 is 2.12 bits per heavy atom. The minimum Gasteiger partial charge on any atom is -0.482 e. The highest BCUT2D eigenvalue weighted by Gasteiger charge is 2.29. The van der Waals surface area contributed by atoms with Gasteiger partial charge in [-0.3, -0.25) is 4.68 Å². The van der Waals surface area contributed by atoms with E-state index in [-0.39, 0.29) is 11.6 Å². The van der Waals surface area contributed by atoms with Gasteiger partial charge >= 0.3 is 0 Å². The number of anilines is 3. The van der Waals surface area contributed by atoms with Crippen molar-refractivity contribution in [3.05, 3.63) is 53.5 Å². The molecule has 0 radical (unpaired) electrons. The maximum atomic E-state index is 14.2. The summed E-state index contributed by atoms with van der Waals surface area (Å²) in [7, 11) is 1.67. The number of nitrogen functional groups attached to an aromatic ring is 1. The first-order valence-electron chi connectivity index (χ1n) is 9.79. The topological polar surface area (TPSA) is 130 Å². The fourth-order valence-corrected chi connectivity index (χ4v) is 3.79. The van der Waals surface area contributed by atoms with Crippen LogP contribution in [0.5, 0.6) is 5.75 Å². The molecule has 0 saturated heterocycles. The number of aromatic nitrogens is 4. The molecule has 1 aromatic carbocycles. The Hall–Kier alpha value is -4.46. The molecule has 3 N–H and O–H groups in total. The fourth-order valence-electron chi connectivity index (χ4n) is 3.79. The van der Waals surface area contributed by atoms with E-state index in [1.54, 1.807) is 43.4 Å². The van der Waals surface area contributed by atoms with Crippen molar-refractivity contribution in [2.75, 3.05) is 16.1 Å². The Morgan fingerprint density at radius 1 is 1.28 bits per heavy atom. The number of hydrogen-bond donors (Lipinski definition) is 2. The first-order chi connectivity index (χ1) is 15.5. The molecule has 11 heteroatoms. The molecular weight excluding hydrogens is 413 g/mol. The molecule has 160 valence electrons. The molecular formula is C21H18FN9O. The highest BCUT2D eigenvalue weighted by Crippen LogP contribution is 2.38. The van der Waals surface area contributed by atoms with Crippen LogP contribution in [0.3, 0.4) is 0 Å². The lowest BCUT2D eigenvalue weighted by molar-refractivity contribution is 0.227. The first kappa shape index (κ1) is 19.5. The number of benzene rings is 1. The van der Waals surface area contributed by atoms with Crippen LogP contribution in [0.15, 0.2) is 41.5 Å². The van der Waals surface area contributed by atoms with Crippen molar-refractivity contribution in [3.63, 3.8) is 0 Å². The number of fused-ring (bicyclic) bond motifs is 7. The van der Waals surface area contributed by atoms with Crippen LogP contribution in [0.25, 0.3) is 11.3 Å². The quantitative estimate of drug-likeness (QED) is 0.556. The number of rotatable bonds is 0. The molecule has 5 rings (SSSR count). The molecule has 0 saturated carbocycles. The van der Waals surface area contributed by atoms with Crippen molar-refractivity contribution in [1.82, 2.24) is 20.0 Å². The molecule has 2 aliphatic heterocycles. The smallest absolute Gasteiger partial charge is 0.188 e. The first-order valence-corrected chi connectivity index (χ1v) is 9.79. The Morgan fingerprint density at radius 3 is 2.94 bits per heavy atom. The van der Waals surface area contributed by atoms with Crippen molar-refractivity contribution in [2.24, 2.45) is 12.1 Å². The van der Waals surface area contributed by atoms with Crippen LogP contribution in [0.2, 0.25) is 0 Å². The number of allylic oxidation sites excluding steroid dienone is 1. The van der Waals surface area contributed by atoms with Crippen LogP contribution in [-0.4, -0.2) is 32.4 Å². The summed E-state index contributed by atoms with van der Waals surface area (Å²) in [6.07, 6.45) is 4.23. The van der Waals surface area contributed by atoms with Crippen LogP contribution in [0, 0.1) is 17.1 Å². The van der Waals surface area contributed by atoms with Crippen molar-refractivity contribution in [2.45, 2.75) is 19.2 Å². The zero-order valence-electron chi connectivity index (χ0n) is 17.2. The number of hydrogen-bond acceptors (Lipinski definition) is 9. The molecule has 2 aliphatic rings. The average Bonchev–Trinajstić information content (AvgIpc) is 3.09. The van der Waals surface area contributed by atoms with E-state index in [1.807, 2.05) is 6.08 Å². The summed E-state index contributed by atoms with van der Waals surface area (Å²) < 4.78 is 21.8. The van der Waals surface area contributed by atoms with Gasteiger partial charge in [0.05, 0.1) is 11.3 Å². The number of aryl methyl sites for hydroxylation is 1. The minimum atomic E-state index is -0.593. The third-order valence-corrected chi connectivity index (χ3v) is 5.29. The molecule has 32 heavy (non-hydrogen) atoms. The van der Waals surface area contributed by atoms with Crippen molar-refractivity contribution in [1.29, 1.82) is 5.26 Å². The van der Waals surface area contributed by atoms with Gasteiger partial charge in [0.1, 0.15) is 35.5 Å². The van der Waals surface area contributed by atoms with Crippen molar-refractivity contribution >= 4 is 23.5 Å². The number of nitrogens with zero attached hydrogens (tertiary/aromatic N) is 7. The van der Waals surface area contributed by atoms with Crippen LogP contribution < -0.4 is 20.8 Å². The summed E-state index contributed by atoms with van der Waals surface area (Å²) >= 11 is 0. The summed E-state index contributed by atoms with van der Waals surface area (Å²) in [4.78, 5) is 0. The molecule has 3 aromatic rings. The van der Waals surface area contributed by atoms with Gasteiger partial charge in [-0.2, -0.15) is 15.5 Å². The van der Waals surface area contributed by atoms with Crippen molar-refractivity contribution in [3.8, 4) is 23.1 Å². The highest BCUT2D eigenvalue weighted by atomic mass is 19.1. The normalized spacial score (nSPS) is 18.8. The summed E-state index contributed by atoms with van der Waals surface area (Å²) in [6, 6.07) is 8.17. The lowest BCUT2D eigenvalue weighted by Crippen LogP contribution is -2.38. The van der Waals surface area contributed by atoms with E-state index in [4.69, 9.17) is 10.5 Å². The molecule has 0 amide bonds. The van der Waals surface area contributed by atoms with E-state index in [0.717, 1.165) is 0 Å². The standard InChI is InChI=1S/C21H18FN9O/c1-11-13-8-12(22)5-6-15(13)31-18(4-3-7-25-31)26-21-19(16(10-23)30(2)29-21)14-9-17(32-11)20(24)28-27-14/h3-9,11,18H,1-2H3,(H2,24,28)(H,26,29)/t11-,18?/m1/s1. The number of nitrogens with one attached hydrogen (secondary N) is 1. The van der Waals surface area contributed by atoms with E-state index >= 15 is 0 Å². The number of nitriles is 1. The van der Waals surface area contributed by atoms with E-state index < -0.39 is 18.1 Å². The fraction of sp³-hybridized carbons (Fsp3) is 0.190. The number of halogens is 1. The molecule has 0 aliphatic carbocycles. The molecule has 0 spiro atoms. The zero-order chi connectivity index (χ0) is 22.4. The van der Waals surface area contributed by atoms with Crippen LogP contribution in [0.4, 0.5) is 21.7 Å². The molecule has 0 fully saturated rings. The predicted octanol–water partition coefficient (Wildman–Crippen LogP) is 2.72. The summed E-state index contributed by atoms with van der Waals surface area (Å²) in [5.74, 6) is 0.336. The summed E-state index contributed by atoms with van der Waals surface area (Å²) in [5.41, 5.74) is 8.33. The zero-order valence-corrected chi connectivity index (χ0v) is 17.2. The molecule has 2 bridgehead atoms. The second-order valence-electron chi connectivity index (χ2n) is 7.33. The largest absolute Gasteiger partial charge is 0.482 e. The number of ether oxygens (including phenoxy) is 1. The van der Waals surface area contributed by atoms with Gasteiger partial charge in [-0.1, -0.05) is 0 Å². The molecule has 2 aromatic heterocycles. The Labute approximate surface area is 182 Å². The Bertz CT molecular complexity index is 1320. The van der Waals surface area contributed by atoms with Gasteiger partial charge in [-0.15, -0.1) is 10.2 Å². The van der Waals surface area contributed by atoms with Gasteiger partial charge in [0.25, 0.3) is 0 Å². The Balaban J connectivity index is 1.78. The lowest BCUT2D eigenvalue weighted by Gasteiger charge is -2.32. The lowest BCUT2D eigenvalue weighted by atomic mass is 10.1.